The van der Waals surface area contributed by atoms with Crippen molar-refractivity contribution in [1.82, 2.24) is 0 Å². The van der Waals surface area contributed by atoms with E-state index in [2.05, 4.69) is 0 Å². The van der Waals surface area contributed by atoms with Gasteiger partial charge in [0.15, 0.2) is 0 Å². The minimum Gasteiger partial charge on any atom is -0.329 e. The van der Waals surface area contributed by atoms with E-state index in [9.17, 15) is 9.46 Å². The van der Waals surface area contributed by atoms with Gasteiger partial charge in [-0.1, -0.05) is 89.9 Å². The zero-order chi connectivity index (χ0) is 20.7. The monoisotopic (exact) mass is 420 g/mol. The van der Waals surface area contributed by atoms with Gasteiger partial charge in [0, 0.05) is 0 Å². The van der Waals surface area contributed by atoms with Crippen LogP contribution in [-0.4, -0.2) is 49.8 Å². The lowest BCUT2D eigenvalue weighted by atomic mass is 10.0. The molecule has 0 radical (unpaired) electrons. The number of quaternary nitrogens is 1. The second-order valence-corrected chi connectivity index (χ2v) is 11.0. The van der Waals surface area contributed by atoms with Crippen LogP contribution in [0.15, 0.2) is 0 Å². The van der Waals surface area contributed by atoms with E-state index in [1.165, 1.54) is 77.0 Å². The van der Waals surface area contributed by atoms with Crippen molar-refractivity contribution in [2.24, 2.45) is 0 Å². The number of likely N-dealkylation sites (N-methyl/N-ethyl adjacent to an activating group) is 1. The zero-order valence-corrected chi connectivity index (χ0v) is 19.8. The van der Waals surface area contributed by atoms with Crippen LogP contribution in [0.25, 0.3) is 0 Å². The molecule has 0 saturated heterocycles. The summed E-state index contributed by atoms with van der Waals surface area (Å²) in [6, 6.07) is 0. The first-order valence-electron chi connectivity index (χ1n) is 11.7. The summed E-state index contributed by atoms with van der Waals surface area (Å²) in [4.78, 5) is 10.1. The molecule has 1 fully saturated rings. The minimum atomic E-state index is -3.97. The predicted molar refractivity (Wildman–Crippen MR) is 117 cm³/mol. The maximum Gasteiger partial charge on any atom is 0.472 e. The van der Waals surface area contributed by atoms with Crippen LogP contribution in [0, 0.1) is 0 Å². The quantitative estimate of drug-likeness (QED) is 0.396. The molecule has 1 N–H and O–H groups in total. The predicted octanol–water partition coefficient (Wildman–Crippen LogP) is 6.45. The lowest BCUT2D eigenvalue weighted by Crippen LogP contribution is -2.37. The highest BCUT2D eigenvalue weighted by Crippen LogP contribution is 2.46. The van der Waals surface area contributed by atoms with Crippen molar-refractivity contribution in [2.45, 2.75) is 109 Å². The molecular weight excluding hydrogens is 373 g/mol. The molecule has 0 aromatic rings. The average Bonchev–Trinajstić information content (AvgIpc) is 2.59. The summed E-state index contributed by atoms with van der Waals surface area (Å²) >= 11 is 0. The van der Waals surface area contributed by atoms with Crippen molar-refractivity contribution in [2.75, 3.05) is 34.3 Å². The Morgan fingerprint density at radius 1 is 0.750 bits per heavy atom. The van der Waals surface area contributed by atoms with Gasteiger partial charge in [-0.15, -0.1) is 0 Å². The molecule has 0 spiro atoms. The Kier molecular flexibility index (Phi) is 13.9. The van der Waals surface area contributed by atoms with Gasteiger partial charge in [-0.25, -0.2) is 4.57 Å². The molecule has 5 nitrogen and oxygen atoms in total. The molecule has 1 atom stereocenters. The second-order valence-electron chi connectivity index (χ2n) is 9.57. The Morgan fingerprint density at radius 3 is 1.46 bits per heavy atom. The summed E-state index contributed by atoms with van der Waals surface area (Å²) < 4.78 is 23.9. The van der Waals surface area contributed by atoms with Crippen LogP contribution in [0.3, 0.4) is 0 Å². The van der Waals surface area contributed by atoms with Crippen molar-refractivity contribution in [3.8, 4) is 0 Å². The van der Waals surface area contributed by atoms with Gasteiger partial charge in [0.25, 0.3) is 0 Å². The van der Waals surface area contributed by atoms with Crippen molar-refractivity contribution in [1.29, 1.82) is 0 Å². The average molecular weight is 421 g/mol. The first-order valence-corrected chi connectivity index (χ1v) is 13.2. The van der Waals surface area contributed by atoms with E-state index in [0.29, 0.717) is 11.0 Å². The number of rotatable bonds is 6. The number of phosphoric acid groups is 1. The van der Waals surface area contributed by atoms with E-state index in [-0.39, 0.29) is 12.7 Å². The van der Waals surface area contributed by atoms with Gasteiger partial charge in [0.2, 0.25) is 0 Å². The Hall–Kier alpha value is 0.0700. The molecule has 6 heteroatoms. The Balaban J connectivity index is 2.43. The van der Waals surface area contributed by atoms with Crippen LogP contribution in [0.1, 0.15) is 103 Å². The van der Waals surface area contributed by atoms with Gasteiger partial charge in [-0.3, -0.25) is 9.05 Å². The van der Waals surface area contributed by atoms with Gasteiger partial charge in [0.05, 0.1) is 27.2 Å². The molecule has 28 heavy (non-hydrogen) atoms. The van der Waals surface area contributed by atoms with Crippen molar-refractivity contribution >= 4 is 7.82 Å². The van der Waals surface area contributed by atoms with Gasteiger partial charge in [-0.05, 0) is 12.8 Å². The largest absolute Gasteiger partial charge is 0.472 e. The van der Waals surface area contributed by atoms with Crippen LogP contribution < -0.4 is 0 Å². The molecule has 168 valence electrons. The molecule has 1 rings (SSSR count). The van der Waals surface area contributed by atoms with E-state index in [1.807, 2.05) is 21.1 Å². The second kappa shape index (κ2) is 15.0. The third kappa shape index (κ3) is 15.9. The number of nitrogens with zero attached hydrogens (tertiary/aromatic N) is 1. The summed E-state index contributed by atoms with van der Waals surface area (Å²) in [5.41, 5.74) is 0. The third-order valence-corrected chi connectivity index (χ3v) is 6.67. The fourth-order valence-corrected chi connectivity index (χ4v) is 4.72. The normalized spacial score (nSPS) is 23.0. The smallest absolute Gasteiger partial charge is 0.329 e. The Morgan fingerprint density at radius 2 is 1.11 bits per heavy atom. The summed E-state index contributed by atoms with van der Waals surface area (Å²) in [5, 5.41) is 0. The van der Waals surface area contributed by atoms with Gasteiger partial charge < -0.3 is 9.38 Å². The van der Waals surface area contributed by atoms with Crippen LogP contribution in [0.5, 0.6) is 0 Å². The Labute approximate surface area is 174 Å². The van der Waals surface area contributed by atoms with Gasteiger partial charge >= 0.3 is 7.82 Å². The number of phosphoric ester groups is 1. The fraction of sp³-hybridized carbons (Fsp3) is 1.00. The van der Waals surface area contributed by atoms with E-state index in [4.69, 9.17) is 9.05 Å². The van der Waals surface area contributed by atoms with Crippen molar-refractivity contribution in [3.63, 3.8) is 0 Å². The molecule has 1 aliphatic rings. The molecule has 0 aliphatic heterocycles. The SMILES string of the molecule is C[N+](C)(C)CCOP(=O)(O)OC1CCCCCCCCCCCCCCCC1. The van der Waals surface area contributed by atoms with Crippen LogP contribution in [0.2, 0.25) is 0 Å². The summed E-state index contributed by atoms with van der Waals surface area (Å²) in [5.74, 6) is 0. The third-order valence-electron chi connectivity index (χ3n) is 5.60. The standard InChI is InChI=1S/C22H46NO4P/c1-23(2,3)20-21-26-28(24,25)27-22-18-16-14-12-10-8-6-4-5-7-9-11-13-15-17-19-22/h22H,4-21H2,1-3H3/p+1. The first kappa shape index (κ1) is 26.1. The molecule has 0 aromatic heterocycles. The first-order chi connectivity index (χ1) is 13.3. The highest BCUT2D eigenvalue weighted by Gasteiger charge is 2.27. The molecule has 0 bridgehead atoms. The fourth-order valence-electron chi connectivity index (χ4n) is 3.76. The topological polar surface area (TPSA) is 55.8 Å². The van der Waals surface area contributed by atoms with E-state index in [0.717, 1.165) is 25.7 Å². The van der Waals surface area contributed by atoms with Crippen molar-refractivity contribution in [3.05, 3.63) is 0 Å². The maximum atomic E-state index is 12.4. The van der Waals surface area contributed by atoms with E-state index >= 15 is 0 Å². The van der Waals surface area contributed by atoms with Crippen LogP contribution in [0.4, 0.5) is 0 Å². The van der Waals surface area contributed by atoms with E-state index in [1.54, 1.807) is 0 Å². The molecule has 0 aromatic carbocycles. The molecule has 0 amide bonds. The maximum absolute atomic E-state index is 12.4. The van der Waals surface area contributed by atoms with Crippen molar-refractivity contribution < 1.29 is 23.0 Å². The summed E-state index contributed by atoms with van der Waals surface area (Å²) in [6.45, 7) is 0.919. The lowest BCUT2D eigenvalue weighted by Gasteiger charge is -2.25. The highest BCUT2D eigenvalue weighted by molar-refractivity contribution is 7.47. The van der Waals surface area contributed by atoms with Gasteiger partial charge in [0.1, 0.15) is 13.2 Å². The molecule has 1 unspecified atom stereocenters. The Bertz CT molecular complexity index is 407. The van der Waals surface area contributed by atoms with E-state index < -0.39 is 7.82 Å². The lowest BCUT2D eigenvalue weighted by molar-refractivity contribution is -0.870. The number of hydrogen-bond donors (Lipinski definition) is 1. The summed E-state index contributed by atoms with van der Waals surface area (Å²) in [6.07, 6.45) is 19.5. The summed E-state index contributed by atoms with van der Waals surface area (Å²) in [7, 11) is 2.15. The van der Waals surface area contributed by atoms with Crippen LogP contribution in [-0.2, 0) is 13.6 Å². The molecule has 0 heterocycles. The minimum absolute atomic E-state index is 0.157. The van der Waals surface area contributed by atoms with Gasteiger partial charge in [-0.2, -0.15) is 0 Å². The van der Waals surface area contributed by atoms with Crippen LogP contribution >= 0.6 is 7.82 Å². The highest BCUT2D eigenvalue weighted by atomic mass is 31.2. The zero-order valence-electron chi connectivity index (χ0n) is 18.9. The molecular formula is C22H47NO4P+. The molecule has 1 aliphatic carbocycles. The molecule has 1 saturated carbocycles. The number of hydrogen-bond acceptors (Lipinski definition) is 3.